The van der Waals surface area contributed by atoms with Gasteiger partial charge in [-0.15, -0.1) is 0 Å². The molecule has 0 radical (unpaired) electrons. The molecule has 1 N–H and O–H groups in total. The summed E-state index contributed by atoms with van der Waals surface area (Å²) in [5.41, 5.74) is 1.68. The molecule has 0 aromatic heterocycles. The van der Waals surface area contributed by atoms with Crippen LogP contribution in [0.3, 0.4) is 0 Å². The lowest BCUT2D eigenvalue weighted by atomic mass is 9.94. The van der Waals surface area contributed by atoms with Crippen LogP contribution < -0.4 is 5.32 Å². The highest BCUT2D eigenvalue weighted by Crippen LogP contribution is 2.47. The Bertz CT molecular complexity index is 357. The molecule has 1 aromatic carbocycles. The van der Waals surface area contributed by atoms with Gasteiger partial charge in [-0.2, -0.15) is 0 Å². The predicted molar refractivity (Wildman–Crippen MR) is 65.1 cm³/mol. The maximum atomic E-state index is 12.9. The molecule has 0 atom stereocenters. The van der Waals surface area contributed by atoms with Gasteiger partial charge in [-0.1, -0.05) is 12.1 Å². The van der Waals surface area contributed by atoms with Gasteiger partial charge in [0.05, 0.1) is 0 Å². The van der Waals surface area contributed by atoms with Gasteiger partial charge in [-0.25, -0.2) is 4.39 Å². The number of hydrogen-bond donors (Lipinski definition) is 1. The Labute approximate surface area is 97.1 Å². The van der Waals surface area contributed by atoms with E-state index in [1.54, 1.807) is 12.1 Å². The zero-order chi connectivity index (χ0) is 11.8. The van der Waals surface area contributed by atoms with Crippen molar-refractivity contribution < 1.29 is 4.39 Å². The standard InChI is InChI=1S/C14H20FN/c1-13(2,3)16-10-14(8-9-14)11-4-6-12(15)7-5-11/h4-7,16H,8-10H2,1-3H3. The molecule has 0 spiro atoms. The topological polar surface area (TPSA) is 12.0 Å². The summed E-state index contributed by atoms with van der Waals surface area (Å²) in [6.45, 7) is 7.51. The van der Waals surface area contributed by atoms with E-state index < -0.39 is 0 Å². The number of hydrogen-bond acceptors (Lipinski definition) is 1. The summed E-state index contributed by atoms with van der Waals surface area (Å²) in [4.78, 5) is 0. The van der Waals surface area contributed by atoms with Gasteiger partial charge in [0.2, 0.25) is 0 Å². The van der Waals surface area contributed by atoms with Crippen molar-refractivity contribution in [2.45, 2.75) is 44.6 Å². The summed E-state index contributed by atoms with van der Waals surface area (Å²) in [5, 5.41) is 3.54. The van der Waals surface area contributed by atoms with Crippen molar-refractivity contribution >= 4 is 0 Å². The third kappa shape index (κ3) is 2.62. The van der Waals surface area contributed by atoms with Gasteiger partial charge >= 0.3 is 0 Å². The number of nitrogens with one attached hydrogen (secondary N) is 1. The van der Waals surface area contributed by atoms with Crippen LogP contribution in [-0.4, -0.2) is 12.1 Å². The number of halogens is 1. The highest BCUT2D eigenvalue weighted by atomic mass is 19.1. The summed E-state index contributed by atoms with van der Waals surface area (Å²) in [6, 6.07) is 6.97. The Morgan fingerprint density at radius 3 is 2.19 bits per heavy atom. The third-order valence-electron chi connectivity index (χ3n) is 3.27. The number of benzene rings is 1. The van der Waals surface area contributed by atoms with E-state index in [2.05, 4.69) is 26.1 Å². The van der Waals surface area contributed by atoms with Crippen molar-refractivity contribution in [3.63, 3.8) is 0 Å². The Kier molecular flexibility index (Phi) is 2.79. The molecule has 16 heavy (non-hydrogen) atoms. The molecule has 0 saturated heterocycles. The van der Waals surface area contributed by atoms with Gasteiger partial charge in [0.1, 0.15) is 5.82 Å². The molecule has 1 aliphatic rings. The molecule has 2 heteroatoms. The molecule has 1 saturated carbocycles. The van der Waals surface area contributed by atoms with Crippen LogP contribution in [0.4, 0.5) is 4.39 Å². The van der Waals surface area contributed by atoms with Crippen LogP contribution in [0.25, 0.3) is 0 Å². The second kappa shape index (κ2) is 3.85. The molecular weight excluding hydrogens is 201 g/mol. The number of rotatable bonds is 3. The van der Waals surface area contributed by atoms with E-state index >= 15 is 0 Å². The first-order valence-corrected chi connectivity index (χ1v) is 5.92. The van der Waals surface area contributed by atoms with Gasteiger partial charge in [0.25, 0.3) is 0 Å². The Morgan fingerprint density at radius 1 is 1.19 bits per heavy atom. The Hall–Kier alpha value is -0.890. The average molecular weight is 221 g/mol. The van der Waals surface area contributed by atoms with Gasteiger partial charge in [-0.3, -0.25) is 0 Å². The lowest BCUT2D eigenvalue weighted by Gasteiger charge is -2.25. The van der Waals surface area contributed by atoms with Crippen molar-refractivity contribution in [1.29, 1.82) is 0 Å². The van der Waals surface area contributed by atoms with Crippen LogP contribution in [0.15, 0.2) is 24.3 Å². The first-order chi connectivity index (χ1) is 7.41. The predicted octanol–water partition coefficient (Wildman–Crippen LogP) is 3.25. The van der Waals surface area contributed by atoms with Crippen LogP contribution in [-0.2, 0) is 5.41 Å². The maximum Gasteiger partial charge on any atom is 0.123 e. The van der Waals surface area contributed by atoms with Crippen LogP contribution in [0.1, 0.15) is 39.2 Å². The minimum atomic E-state index is -0.150. The highest BCUT2D eigenvalue weighted by Gasteiger charge is 2.44. The van der Waals surface area contributed by atoms with Crippen molar-refractivity contribution in [2.75, 3.05) is 6.54 Å². The molecule has 0 heterocycles. The average Bonchev–Trinajstić information content (AvgIpc) is 2.96. The molecule has 0 aliphatic heterocycles. The second-order valence-electron chi connectivity index (χ2n) is 5.89. The Morgan fingerprint density at radius 2 is 1.75 bits per heavy atom. The Balaban J connectivity index is 2.06. The lowest BCUT2D eigenvalue weighted by Crippen LogP contribution is -2.40. The fourth-order valence-corrected chi connectivity index (χ4v) is 1.96. The summed E-state index contributed by atoms with van der Waals surface area (Å²) in [5.74, 6) is -0.150. The van der Waals surface area contributed by atoms with Crippen molar-refractivity contribution in [3.05, 3.63) is 35.6 Å². The van der Waals surface area contributed by atoms with Gasteiger partial charge in [-0.05, 0) is 51.3 Å². The minimum absolute atomic E-state index is 0.148. The van der Waals surface area contributed by atoms with E-state index in [4.69, 9.17) is 0 Å². The van der Waals surface area contributed by atoms with E-state index in [9.17, 15) is 4.39 Å². The van der Waals surface area contributed by atoms with E-state index in [0.29, 0.717) is 0 Å². The van der Waals surface area contributed by atoms with E-state index in [1.165, 1.54) is 18.4 Å². The maximum absolute atomic E-state index is 12.9. The lowest BCUT2D eigenvalue weighted by molar-refractivity contribution is 0.399. The largest absolute Gasteiger partial charge is 0.311 e. The van der Waals surface area contributed by atoms with Crippen LogP contribution in [0.5, 0.6) is 0 Å². The smallest absolute Gasteiger partial charge is 0.123 e. The van der Waals surface area contributed by atoms with Gasteiger partial charge < -0.3 is 5.32 Å². The molecule has 1 nitrogen and oxygen atoms in total. The van der Waals surface area contributed by atoms with Crippen LogP contribution >= 0.6 is 0 Å². The molecule has 1 fully saturated rings. The van der Waals surface area contributed by atoms with Crippen molar-refractivity contribution in [3.8, 4) is 0 Å². The van der Waals surface area contributed by atoms with Crippen molar-refractivity contribution in [1.82, 2.24) is 5.32 Å². The van der Waals surface area contributed by atoms with E-state index in [0.717, 1.165) is 6.54 Å². The molecule has 0 unspecified atom stereocenters. The third-order valence-corrected chi connectivity index (χ3v) is 3.27. The second-order valence-corrected chi connectivity index (χ2v) is 5.89. The van der Waals surface area contributed by atoms with Crippen LogP contribution in [0.2, 0.25) is 0 Å². The first kappa shape index (κ1) is 11.6. The summed E-state index contributed by atoms with van der Waals surface area (Å²) < 4.78 is 12.9. The van der Waals surface area contributed by atoms with Gasteiger partial charge in [0.15, 0.2) is 0 Å². The summed E-state index contributed by atoms with van der Waals surface area (Å²) in [6.07, 6.45) is 2.42. The molecular formula is C14H20FN. The fourth-order valence-electron chi connectivity index (χ4n) is 1.96. The summed E-state index contributed by atoms with van der Waals surface area (Å²) >= 11 is 0. The molecule has 1 aromatic rings. The highest BCUT2D eigenvalue weighted by molar-refractivity contribution is 5.32. The zero-order valence-electron chi connectivity index (χ0n) is 10.3. The molecule has 2 rings (SSSR count). The molecule has 1 aliphatic carbocycles. The van der Waals surface area contributed by atoms with Crippen molar-refractivity contribution in [2.24, 2.45) is 0 Å². The van der Waals surface area contributed by atoms with E-state index in [1.807, 2.05) is 12.1 Å². The zero-order valence-corrected chi connectivity index (χ0v) is 10.3. The monoisotopic (exact) mass is 221 g/mol. The first-order valence-electron chi connectivity index (χ1n) is 5.92. The normalized spacial score (nSPS) is 18.5. The molecule has 0 amide bonds. The minimum Gasteiger partial charge on any atom is -0.311 e. The quantitative estimate of drug-likeness (QED) is 0.826. The molecule has 88 valence electrons. The van der Waals surface area contributed by atoms with E-state index in [-0.39, 0.29) is 16.8 Å². The SMILES string of the molecule is CC(C)(C)NCC1(c2ccc(F)cc2)CC1. The van der Waals surface area contributed by atoms with Gasteiger partial charge in [0, 0.05) is 17.5 Å². The molecule has 0 bridgehead atoms. The van der Waals surface area contributed by atoms with Crippen LogP contribution in [0, 0.1) is 5.82 Å². The summed E-state index contributed by atoms with van der Waals surface area (Å²) in [7, 11) is 0. The fraction of sp³-hybridized carbons (Fsp3) is 0.571.